The molecule has 0 amide bonds. The summed E-state index contributed by atoms with van der Waals surface area (Å²) < 4.78 is 6.04. The second-order valence-corrected chi connectivity index (χ2v) is 8.53. The maximum atomic E-state index is 10.2. The Hall–Kier alpha value is -0.120. The number of ether oxygens (including phenoxy) is 1. The average molecular weight is 297 g/mol. The summed E-state index contributed by atoms with van der Waals surface area (Å²) in [4.78, 5) is 2.40. The third-order valence-corrected chi connectivity index (χ3v) is 5.08. The summed E-state index contributed by atoms with van der Waals surface area (Å²) in [5.41, 5.74) is 0.385. The van der Waals surface area contributed by atoms with Gasteiger partial charge in [-0.15, -0.1) is 0 Å². The Bertz CT molecular complexity index is 318. The molecule has 0 aromatic rings. The van der Waals surface area contributed by atoms with Crippen LogP contribution in [0.1, 0.15) is 59.8 Å². The lowest BCUT2D eigenvalue weighted by Gasteiger charge is -2.39. The zero-order valence-electron chi connectivity index (χ0n) is 14.5. The monoisotopic (exact) mass is 297 g/mol. The maximum absolute atomic E-state index is 10.2. The first kappa shape index (κ1) is 17.2. The molecular formula is C18H35NO2. The van der Waals surface area contributed by atoms with E-state index in [-0.39, 0.29) is 6.10 Å². The van der Waals surface area contributed by atoms with Gasteiger partial charge in [-0.3, -0.25) is 0 Å². The fourth-order valence-corrected chi connectivity index (χ4v) is 4.44. The maximum Gasteiger partial charge on any atom is 0.0900 e. The van der Waals surface area contributed by atoms with E-state index in [1.807, 2.05) is 0 Å². The van der Waals surface area contributed by atoms with Gasteiger partial charge in [0.15, 0.2) is 0 Å². The molecule has 0 spiro atoms. The van der Waals surface area contributed by atoms with Crippen molar-refractivity contribution in [1.82, 2.24) is 4.90 Å². The smallest absolute Gasteiger partial charge is 0.0900 e. The Morgan fingerprint density at radius 2 is 2.00 bits per heavy atom. The van der Waals surface area contributed by atoms with Crippen LogP contribution in [0, 0.1) is 17.3 Å². The summed E-state index contributed by atoms with van der Waals surface area (Å²) in [6.07, 6.45) is 6.17. The van der Waals surface area contributed by atoms with E-state index in [4.69, 9.17) is 4.74 Å². The summed E-state index contributed by atoms with van der Waals surface area (Å²) in [7, 11) is 0. The van der Waals surface area contributed by atoms with Gasteiger partial charge in [0, 0.05) is 13.1 Å². The highest BCUT2D eigenvalue weighted by atomic mass is 16.5. The number of likely N-dealkylation sites (tertiary alicyclic amines) is 1. The van der Waals surface area contributed by atoms with E-state index in [2.05, 4.69) is 32.6 Å². The molecule has 3 nitrogen and oxygen atoms in total. The Kier molecular flexibility index (Phi) is 6.10. The molecule has 21 heavy (non-hydrogen) atoms. The lowest BCUT2D eigenvalue weighted by atomic mass is 9.71. The van der Waals surface area contributed by atoms with Crippen molar-refractivity contribution < 1.29 is 9.84 Å². The summed E-state index contributed by atoms with van der Waals surface area (Å²) in [6.45, 7) is 12.8. The number of aliphatic hydroxyl groups excluding tert-OH is 1. The van der Waals surface area contributed by atoms with Crippen LogP contribution < -0.4 is 0 Å². The van der Waals surface area contributed by atoms with Crippen molar-refractivity contribution in [1.29, 1.82) is 0 Å². The van der Waals surface area contributed by atoms with Crippen LogP contribution in [0.3, 0.4) is 0 Å². The molecule has 0 bridgehead atoms. The predicted molar refractivity (Wildman–Crippen MR) is 87.4 cm³/mol. The van der Waals surface area contributed by atoms with Gasteiger partial charge >= 0.3 is 0 Å². The van der Waals surface area contributed by atoms with Gasteiger partial charge in [0.05, 0.1) is 18.8 Å². The molecule has 2 aliphatic rings. The number of piperidine rings is 1. The van der Waals surface area contributed by atoms with E-state index in [1.54, 1.807) is 0 Å². The fraction of sp³-hybridized carbons (Fsp3) is 1.00. The molecule has 1 aliphatic heterocycles. The van der Waals surface area contributed by atoms with Crippen LogP contribution in [0.5, 0.6) is 0 Å². The highest BCUT2D eigenvalue weighted by Gasteiger charge is 2.32. The van der Waals surface area contributed by atoms with Crippen LogP contribution in [0.15, 0.2) is 0 Å². The minimum Gasteiger partial charge on any atom is -0.389 e. The molecule has 0 unspecified atom stereocenters. The SMILES string of the molecule is C[C@@H]1CCCN(C[C@H](O)CO[C@@H]2C[C@@H](C)CC(C)(C)C2)C1. The minimum atomic E-state index is -0.337. The van der Waals surface area contributed by atoms with Crippen molar-refractivity contribution in [3.05, 3.63) is 0 Å². The van der Waals surface area contributed by atoms with E-state index < -0.39 is 0 Å². The number of hydrogen-bond acceptors (Lipinski definition) is 3. The van der Waals surface area contributed by atoms with Crippen molar-refractivity contribution in [2.75, 3.05) is 26.2 Å². The average Bonchev–Trinajstić information content (AvgIpc) is 2.34. The Morgan fingerprint density at radius 1 is 1.24 bits per heavy atom. The third kappa shape index (κ3) is 5.88. The zero-order valence-corrected chi connectivity index (χ0v) is 14.5. The molecule has 2 fully saturated rings. The molecule has 1 aliphatic carbocycles. The molecule has 1 saturated carbocycles. The Balaban J connectivity index is 1.69. The van der Waals surface area contributed by atoms with E-state index in [9.17, 15) is 5.11 Å². The fourth-order valence-electron chi connectivity index (χ4n) is 4.44. The van der Waals surface area contributed by atoms with Crippen molar-refractivity contribution in [3.8, 4) is 0 Å². The van der Waals surface area contributed by atoms with Gasteiger partial charge < -0.3 is 14.7 Å². The van der Waals surface area contributed by atoms with Crippen molar-refractivity contribution >= 4 is 0 Å². The zero-order chi connectivity index (χ0) is 15.5. The van der Waals surface area contributed by atoms with Gasteiger partial charge in [0.2, 0.25) is 0 Å². The normalized spacial score (nSPS) is 35.6. The van der Waals surface area contributed by atoms with Crippen LogP contribution in [-0.2, 0) is 4.74 Å². The minimum absolute atomic E-state index is 0.332. The second kappa shape index (κ2) is 7.43. The van der Waals surface area contributed by atoms with Gasteiger partial charge in [-0.2, -0.15) is 0 Å². The highest BCUT2D eigenvalue weighted by Crippen LogP contribution is 2.39. The van der Waals surface area contributed by atoms with Crippen molar-refractivity contribution in [2.24, 2.45) is 17.3 Å². The number of β-amino-alcohol motifs (C(OH)–C–C–N with tert-alkyl or cyclic N) is 1. The van der Waals surface area contributed by atoms with Gasteiger partial charge in [0.1, 0.15) is 0 Å². The van der Waals surface area contributed by atoms with Crippen molar-refractivity contribution in [2.45, 2.75) is 72.0 Å². The molecule has 1 saturated heterocycles. The van der Waals surface area contributed by atoms with Gasteiger partial charge in [-0.25, -0.2) is 0 Å². The lowest BCUT2D eigenvalue weighted by molar-refractivity contribution is -0.0630. The molecule has 4 atom stereocenters. The standard InChI is InChI=1S/C18H35NO2/c1-14-6-5-7-19(11-14)12-16(20)13-21-17-8-15(2)9-18(3,4)10-17/h14-17,20H,5-13H2,1-4H3/t14-,15-,16+,17-/m1/s1. The Labute approximate surface area is 131 Å². The molecule has 0 radical (unpaired) electrons. The van der Waals surface area contributed by atoms with Gasteiger partial charge in [0.25, 0.3) is 0 Å². The molecule has 3 heteroatoms. The summed E-state index contributed by atoms with van der Waals surface area (Å²) in [5.74, 6) is 1.51. The molecule has 124 valence electrons. The molecule has 0 aromatic heterocycles. The highest BCUT2D eigenvalue weighted by molar-refractivity contribution is 4.83. The van der Waals surface area contributed by atoms with Crippen LogP contribution in [0.2, 0.25) is 0 Å². The van der Waals surface area contributed by atoms with E-state index >= 15 is 0 Å². The van der Waals surface area contributed by atoms with Gasteiger partial charge in [-0.05, 0) is 55.9 Å². The van der Waals surface area contributed by atoms with Crippen LogP contribution in [0.25, 0.3) is 0 Å². The van der Waals surface area contributed by atoms with E-state index in [0.717, 1.165) is 44.3 Å². The molecule has 1 N–H and O–H groups in total. The van der Waals surface area contributed by atoms with Crippen LogP contribution in [0.4, 0.5) is 0 Å². The first-order valence-electron chi connectivity index (χ1n) is 8.86. The topological polar surface area (TPSA) is 32.7 Å². The largest absolute Gasteiger partial charge is 0.389 e. The number of rotatable bonds is 5. The summed E-state index contributed by atoms with van der Waals surface area (Å²) in [5, 5.41) is 10.2. The Morgan fingerprint density at radius 3 is 2.67 bits per heavy atom. The van der Waals surface area contributed by atoms with Gasteiger partial charge in [-0.1, -0.05) is 27.7 Å². The van der Waals surface area contributed by atoms with Crippen LogP contribution in [-0.4, -0.2) is 48.5 Å². The quantitative estimate of drug-likeness (QED) is 0.845. The predicted octanol–water partition coefficient (Wildman–Crippen LogP) is 3.31. The third-order valence-electron chi connectivity index (χ3n) is 5.08. The first-order chi connectivity index (χ1) is 9.84. The molecule has 2 rings (SSSR count). The number of aliphatic hydroxyl groups is 1. The number of nitrogens with zero attached hydrogens (tertiary/aromatic N) is 1. The molecule has 1 heterocycles. The first-order valence-corrected chi connectivity index (χ1v) is 8.86. The van der Waals surface area contributed by atoms with E-state index in [0.29, 0.717) is 18.1 Å². The van der Waals surface area contributed by atoms with Crippen LogP contribution >= 0.6 is 0 Å². The van der Waals surface area contributed by atoms with E-state index in [1.165, 1.54) is 19.3 Å². The summed E-state index contributed by atoms with van der Waals surface area (Å²) in [6, 6.07) is 0. The number of hydrogen-bond donors (Lipinski definition) is 1. The lowest BCUT2D eigenvalue weighted by Crippen LogP contribution is -2.42. The second-order valence-electron chi connectivity index (χ2n) is 8.53. The summed E-state index contributed by atoms with van der Waals surface area (Å²) >= 11 is 0. The molecule has 0 aromatic carbocycles. The molecular weight excluding hydrogens is 262 g/mol. The van der Waals surface area contributed by atoms with Crippen molar-refractivity contribution in [3.63, 3.8) is 0 Å².